The predicted octanol–water partition coefficient (Wildman–Crippen LogP) is 8.76. The van der Waals surface area contributed by atoms with Crippen LogP contribution in [0.25, 0.3) is 22.3 Å². The van der Waals surface area contributed by atoms with Crippen molar-refractivity contribution in [3.05, 3.63) is 133 Å². The summed E-state index contributed by atoms with van der Waals surface area (Å²) in [7, 11) is 0. The fraction of sp³-hybridized carbons (Fsp3) is 0.176. The number of rotatable bonds is 7. The van der Waals surface area contributed by atoms with Gasteiger partial charge in [-0.15, -0.1) is 0 Å². The van der Waals surface area contributed by atoms with Gasteiger partial charge in [0.15, 0.2) is 0 Å². The number of aryl methyl sites for hydroxylation is 3. The minimum Gasteiger partial charge on any atom is -0.322 e. The monoisotopic (exact) mass is 470 g/mol. The van der Waals surface area contributed by atoms with Crippen molar-refractivity contribution in [2.45, 2.75) is 39.8 Å². The van der Waals surface area contributed by atoms with Crippen molar-refractivity contribution in [3.63, 3.8) is 0 Å². The third-order valence-corrected chi connectivity index (χ3v) is 7.23. The van der Waals surface area contributed by atoms with Crippen LogP contribution in [-0.4, -0.2) is 6.17 Å². The summed E-state index contributed by atoms with van der Waals surface area (Å²) in [6.07, 6.45) is 8.41. The van der Waals surface area contributed by atoms with Crippen molar-refractivity contribution in [2.24, 2.45) is 0 Å². The minimum absolute atomic E-state index is 0.0197. The largest absolute Gasteiger partial charge is 0.322 e. The van der Waals surface area contributed by atoms with Gasteiger partial charge in [-0.1, -0.05) is 87.2 Å². The molecule has 0 fully saturated rings. The lowest BCUT2D eigenvalue weighted by Gasteiger charge is -2.31. The van der Waals surface area contributed by atoms with Crippen LogP contribution < -0.4 is 9.80 Å². The fourth-order valence-electron chi connectivity index (χ4n) is 5.29. The molecule has 36 heavy (non-hydrogen) atoms. The molecule has 0 N–H and O–H groups in total. The summed E-state index contributed by atoms with van der Waals surface area (Å²) in [6.45, 7) is 10.8. The summed E-state index contributed by atoms with van der Waals surface area (Å²) in [6, 6.07) is 33.0. The van der Waals surface area contributed by atoms with Gasteiger partial charge in [0.2, 0.25) is 0 Å². The zero-order chi connectivity index (χ0) is 25.1. The van der Waals surface area contributed by atoms with E-state index in [4.69, 9.17) is 0 Å². The summed E-state index contributed by atoms with van der Waals surface area (Å²) >= 11 is 0. The Labute approximate surface area is 215 Å². The highest BCUT2D eigenvalue weighted by molar-refractivity contribution is 5.74. The van der Waals surface area contributed by atoms with E-state index >= 15 is 0 Å². The fourth-order valence-corrected chi connectivity index (χ4v) is 5.29. The van der Waals surface area contributed by atoms with E-state index in [9.17, 15) is 0 Å². The maximum Gasteiger partial charge on any atom is 0.129 e. The Kier molecular flexibility index (Phi) is 6.77. The van der Waals surface area contributed by atoms with E-state index in [1.165, 1.54) is 44.6 Å². The molecule has 2 heteroatoms. The molecule has 1 heterocycles. The molecule has 0 amide bonds. The quantitative estimate of drug-likeness (QED) is 0.249. The van der Waals surface area contributed by atoms with Crippen molar-refractivity contribution < 1.29 is 0 Å². The Morgan fingerprint density at radius 3 is 1.83 bits per heavy atom. The maximum atomic E-state index is 4.18. The molecule has 2 nitrogen and oxygen atoms in total. The molecule has 1 unspecified atom stereocenters. The molecule has 180 valence electrons. The van der Waals surface area contributed by atoms with Crippen molar-refractivity contribution in [3.8, 4) is 22.3 Å². The van der Waals surface area contributed by atoms with Crippen LogP contribution in [-0.2, 0) is 12.8 Å². The Bertz CT molecular complexity index is 1400. The van der Waals surface area contributed by atoms with Crippen LogP contribution in [0.5, 0.6) is 0 Å². The molecule has 0 radical (unpaired) electrons. The SMILES string of the molecule is C=CC1N(c2ccc(-c3ccccc3CC)cc2)C=CN1c1ccc(-c2ccccc2CC)cc1C. The van der Waals surface area contributed by atoms with Gasteiger partial charge in [0, 0.05) is 23.8 Å². The van der Waals surface area contributed by atoms with Gasteiger partial charge in [0.25, 0.3) is 0 Å². The predicted molar refractivity (Wildman–Crippen MR) is 155 cm³/mol. The molecule has 5 rings (SSSR count). The molecule has 0 spiro atoms. The molecule has 4 aromatic rings. The molecule has 0 bridgehead atoms. The zero-order valence-corrected chi connectivity index (χ0v) is 21.5. The van der Waals surface area contributed by atoms with E-state index in [1.54, 1.807) is 0 Å². The Hall–Kier alpha value is -4.04. The zero-order valence-electron chi connectivity index (χ0n) is 21.5. The van der Waals surface area contributed by atoms with Gasteiger partial charge in [0.05, 0.1) is 0 Å². The van der Waals surface area contributed by atoms with E-state index in [0.717, 1.165) is 18.5 Å². The average Bonchev–Trinajstić information content (AvgIpc) is 3.36. The number of hydrogen-bond donors (Lipinski definition) is 0. The second kappa shape index (κ2) is 10.3. The van der Waals surface area contributed by atoms with Crippen molar-refractivity contribution in [2.75, 3.05) is 9.80 Å². The van der Waals surface area contributed by atoms with Gasteiger partial charge in [-0.2, -0.15) is 0 Å². The van der Waals surface area contributed by atoms with E-state index < -0.39 is 0 Å². The normalized spacial score (nSPS) is 14.9. The molecule has 0 saturated heterocycles. The van der Waals surface area contributed by atoms with Gasteiger partial charge in [-0.05, 0) is 89.1 Å². The van der Waals surface area contributed by atoms with Crippen LogP contribution in [0.3, 0.4) is 0 Å². The average molecular weight is 471 g/mol. The van der Waals surface area contributed by atoms with Crippen LogP contribution >= 0.6 is 0 Å². The van der Waals surface area contributed by atoms with E-state index in [-0.39, 0.29) is 6.17 Å². The molecular formula is C34H34N2. The highest BCUT2D eigenvalue weighted by Gasteiger charge is 2.27. The number of benzene rings is 4. The van der Waals surface area contributed by atoms with Crippen molar-refractivity contribution >= 4 is 11.4 Å². The lowest BCUT2D eigenvalue weighted by molar-refractivity contribution is 0.820. The molecule has 0 aliphatic carbocycles. The first-order valence-electron chi connectivity index (χ1n) is 12.9. The highest BCUT2D eigenvalue weighted by Crippen LogP contribution is 2.35. The van der Waals surface area contributed by atoms with Gasteiger partial charge in [-0.25, -0.2) is 0 Å². The number of hydrogen-bond acceptors (Lipinski definition) is 2. The van der Waals surface area contributed by atoms with Crippen LogP contribution in [0, 0.1) is 6.92 Å². The minimum atomic E-state index is 0.0197. The molecule has 0 saturated carbocycles. The van der Waals surface area contributed by atoms with Crippen LogP contribution in [0.1, 0.15) is 30.5 Å². The highest BCUT2D eigenvalue weighted by atomic mass is 15.4. The summed E-state index contributed by atoms with van der Waals surface area (Å²) in [4.78, 5) is 4.58. The topological polar surface area (TPSA) is 6.48 Å². The number of anilines is 2. The maximum absolute atomic E-state index is 4.18. The van der Waals surface area contributed by atoms with Crippen molar-refractivity contribution in [1.29, 1.82) is 0 Å². The van der Waals surface area contributed by atoms with Crippen LogP contribution in [0.15, 0.2) is 116 Å². The molecule has 1 atom stereocenters. The first-order chi connectivity index (χ1) is 17.6. The lowest BCUT2D eigenvalue weighted by atomic mass is 9.96. The van der Waals surface area contributed by atoms with E-state index in [0.29, 0.717) is 0 Å². The smallest absolute Gasteiger partial charge is 0.129 e. The Morgan fingerprint density at radius 1 is 0.694 bits per heavy atom. The van der Waals surface area contributed by atoms with Crippen LogP contribution in [0.4, 0.5) is 11.4 Å². The summed E-state index contributed by atoms with van der Waals surface area (Å²) < 4.78 is 0. The van der Waals surface area contributed by atoms with E-state index in [1.807, 2.05) is 6.08 Å². The van der Waals surface area contributed by atoms with Gasteiger partial charge >= 0.3 is 0 Å². The molecule has 1 aliphatic heterocycles. The van der Waals surface area contributed by atoms with Crippen molar-refractivity contribution in [1.82, 2.24) is 0 Å². The first-order valence-corrected chi connectivity index (χ1v) is 12.9. The van der Waals surface area contributed by atoms with Gasteiger partial charge in [-0.3, -0.25) is 0 Å². The second-order valence-electron chi connectivity index (χ2n) is 9.33. The summed E-state index contributed by atoms with van der Waals surface area (Å²) in [5.41, 5.74) is 11.5. The Balaban J connectivity index is 1.40. The molecule has 4 aromatic carbocycles. The standard InChI is InChI=1S/C34H34N2/c1-5-26-12-8-10-14-31(26)28-16-19-30(20-17-28)35-22-23-36(34(35)7-3)33-21-18-29(24-25(33)4)32-15-11-9-13-27(32)6-2/h7-24,34H,3,5-6H2,1-2,4H3. The van der Waals surface area contributed by atoms with Gasteiger partial charge < -0.3 is 9.80 Å². The lowest BCUT2D eigenvalue weighted by Crippen LogP contribution is -2.37. The molecule has 1 aliphatic rings. The summed E-state index contributed by atoms with van der Waals surface area (Å²) in [5.74, 6) is 0. The molecular weight excluding hydrogens is 436 g/mol. The summed E-state index contributed by atoms with van der Waals surface area (Å²) in [5, 5.41) is 0. The van der Waals surface area contributed by atoms with Crippen LogP contribution in [0.2, 0.25) is 0 Å². The third-order valence-electron chi connectivity index (χ3n) is 7.23. The Morgan fingerprint density at radius 2 is 1.25 bits per heavy atom. The number of nitrogens with zero attached hydrogens (tertiary/aromatic N) is 2. The van der Waals surface area contributed by atoms with Gasteiger partial charge in [0.1, 0.15) is 6.17 Å². The molecule has 0 aromatic heterocycles. The van der Waals surface area contributed by atoms with E-state index in [2.05, 4.69) is 141 Å². The first kappa shape index (κ1) is 23.7. The second-order valence-corrected chi connectivity index (χ2v) is 9.33. The third kappa shape index (κ3) is 4.35.